The molecule has 7 N–H and O–H groups in total. The lowest BCUT2D eigenvalue weighted by atomic mass is 9.95. The predicted octanol–water partition coefficient (Wildman–Crippen LogP) is 8.80. The van der Waals surface area contributed by atoms with E-state index in [4.69, 9.17) is 18.9 Å². The first-order chi connectivity index (χ1) is 45.9. The number of fused-ring (bicyclic) bond motifs is 4. The zero-order valence-electron chi connectivity index (χ0n) is 57.2. The number of hydrogen-bond donors (Lipinski definition) is 7. The highest BCUT2D eigenvalue weighted by molar-refractivity contribution is 9.09. The van der Waals surface area contributed by atoms with Crippen molar-refractivity contribution < 1.29 is 71.7 Å². The first-order valence-corrected chi connectivity index (χ1v) is 33.7. The van der Waals surface area contributed by atoms with Crippen molar-refractivity contribution in [2.45, 2.75) is 132 Å². The number of esters is 1. The Kier molecular flexibility index (Phi) is 31.2. The fraction of sp³-hybridized carbons (Fsp3) is 0.493. The number of ketones is 1. The molecular weight excluding hydrogens is 1300 g/mol. The zero-order chi connectivity index (χ0) is 70.8. The number of ether oxygens (including phenoxy) is 4. The van der Waals surface area contributed by atoms with E-state index in [0.29, 0.717) is 82.7 Å². The number of rotatable bonds is 31. The number of methoxy groups -OCH3 is 1. The molecule has 3 atom stereocenters. The summed E-state index contributed by atoms with van der Waals surface area (Å²) >= 11 is 3.59. The second kappa shape index (κ2) is 38.6. The van der Waals surface area contributed by atoms with Crippen LogP contribution in [-0.2, 0) is 49.6 Å². The largest absolute Gasteiger partial charge is 0.465 e. The molecule has 0 bridgehead atoms. The smallest absolute Gasteiger partial charge is 0.415 e. The Morgan fingerprint density at radius 1 is 0.781 bits per heavy atom. The van der Waals surface area contributed by atoms with Gasteiger partial charge < -0.3 is 70.2 Å². The number of nitrogens with zero attached hydrogens (tertiary/aromatic N) is 4. The highest BCUT2D eigenvalue weighted by atomic mass is 79.9. The minimum absolute atomic E-state index is 0.00292. The number of aryl methyl sites for hydroxylation is 1. The summed E-state index contributed by atoms with van der Waals surface area (Å²) in [7, 11) is 4.59. The monoisotopic (exact) mass is 1400 g/mol. The number of alkyl halides is 1. The van der Waals surface area contributed by atoms with E-state index >= 15 is 0 Å². The van der Waals surface area contributed by atoms with Gasteiger partial charge in [-0.3, -0.25) is 43.3 Å². The number of hydrogen-bond acceptors (Lipinski definition) is 16. The van der Waals surface area contributed by atoms with E-state index in [1.807, 2.05) is 27.7 Å². The summed E-state index contributed by atoms with van der Waals surface area (Å²) in [5.74, 6) is -3.01. The molecule has 26 nitrogen and oxygen atoms in total. The SMILES string of the molecule is CCC.CCCCCC(NC(=O)[C@@H](NCCNC(=O)CCOCCNC(=O)CCN1C(=O)C=CC1=O)C(C)C)C(=O)Nc1ccc(COC(=O)N(C)CC)cc1.CCN(C)C(=O)Oc1cc2c(c3c(C(=O)OC)c(C)[nH]c13)C(CBr)CN2C(=O)c1cc2cc(C(C)=O)ccc2[nH]1. The van der Waals surface area contributed by atoms with Crippen molar-refractivity contribution in [3.05, 3.63) is 100 Å². The molecule has 522 valence electrons. The standard InChI is InChI=1S/C37H57N7O9.C29H29BrN4O6.C3H8/c1-6-8-9-10-29(35(49)41-28-13-11-27(12-14-28)25-53-37(51)43(5)7-2)42-36(50)34(26(3)4)40-20-19-38-31(46)18-23-52-24-21-39-30(45)17-22-44-32(47)15-16-33(44)48;1-6-33(4)29(38)40-22-11-21-24(25-23(28(37)39-5)14(2)31-26(22)25)18(12-30)13-34(21)27(36)20-10-17-9-16(15(3)35)7-8-19(17)32-20;1-3-2/h11-16,26,29,34,40H,6-10,17-25H2,1-5H3,(H,38,46)(H,39,45)(H,41,49)(H,42,50);7-11,18,31-32H,6,12-13H2,1-5H3;3H2,1-2H3/t29?,34-;;/m0../s1. The maximum absolute atomic E-state index is 14.0. The number of nitrogens with one attached hydrogen (secondary N) is 7. The number of aromatic amines is 2. The van der Waals surface area contributed by atoms with Gasteiger partial charge in [-0.1, -0.05) is 88.4 Å². The normalized spacial score (nSPS) is 13.6. The van der Waals surface area contributed by atoms with Gasteiger partial charge in [-0.25, -0.2) is 14.4 Å². The van der Waals surface area contributed by atoms with Crippen LogP contribution in [0.1, 0.15) is 154 Å². The number of unbranched alkanes of at least 4 members (excludes halogenated alkanes) is 2. The van der Waals surface area contributed by atoms with E-state index in [1.165, 1.54) is 42.4 Å². The average molecular weight is 1400 g/mol. The van der Waals surface area contributed by atoms with Gasteiger partial charge in [0.25, 0.3) is 17.7 Å². The molecule has 0 aliphatic carbocycles. The summed E-state index contributed by atoms with van der Waals surface area (Å²) in [5, 5.41) is 16.2. The van der Waals surface area contributed by atoms with Gasteiger partial charge in [-0.2, -0.15) is 0 Å². The van der Waals surface area contributed by atoms with Gasteiger partial charge in [-0.05, 0) is 87.6 Å². The second-order valence-corrected chi connectivity index (χ2v) is 24.2. The number of Topliss-reactive ketones (excluding diaryl/α,β-unsaturated/α-hetero) is 1. The Morgan fingerprint density at radius 3 is 2.06 bits per heavy atom. The van der Waals surface area contributed by atoms with E-state index in [9.17, 15) is 52.7 Å². The van der Waals surface area contributed by atoms with Gasteiger partial charge >= 0.3 is 18.2 Å². The molecule has 2 aliphatic rings. The number of aromatic nitrogens is 2. The number of benzene rings is 3. The lowest BCUT2D eigenvalue weighted by Crippen LogP contribution is -2.54. The van der Waals surface area contributed by atoms with Crippen LogP contribution >= 0.6 is 15.9 Å². The van der Waals surface area contributed by atoms with Gasteiger partial charge in [-0.15, -0.1) is 0 Å². The van der Waals surface area contributed by atoms with Crippen LogP contribution in [0.15, 0.2) is 66.7 Å². The first kappa shape index (κ1) is 77.8. The number of amides is 9. The Morgan fingerprint density at radius 2 is 1.44 bits per heavy atom. The Bertz CT molecular complexity index is 3570. The van der Waals surface area contributed by atoms with E-state index in [-0.39, 0.29) is 105 Å². The number of carbonyl (C=O) groups is 11. The molecule has 4 heterocycles. The van der Waals surface area contributed by atoms with Crippen LogP contribution in [0.5, 0.6) is 5.75 Å². The lowest BCUT2D eigenvalue weighted by Gasteiger charge is -2.25. The zero-order valence-corrected chi connectivity index (χ0v) is 58.8. The third-order valence-electron chi connectivity index (χ3n) is 15.8. The van der Waals surface area contributed by atoms with E-state index in [1.54, 1.807) is 80.5 Å². The van der Waals surface area contributed by atoms with Crippen molar-refractivity contribution in [2.24, 2.45) is 5.92 Å². The quantitative estimate of drug-likeness (QED) is 0.00716. The number of carbonyl (C=O) groups excluding carboxylic acids is 11. The van der Waals surface area contributed by atoms with Gasteiger partial charge in [0.2, 0.25) is 23.6 Å². The van der Waals surface area contributed by atoms with Crippen LogP contribution in [0, 0.1) is 12.8 Å². The number of anilines is 2. The minimum Gasteiger partial charge on any atom is -0.465 e. The third kappa shape index (κ3) is 21.8. The van der Waals surface area contributed by atoms with Crippen molar-refractivity contribution in [1.29, 1.82) is 0 Å². The Balaban J connectivity index is 0.000000344. The van der Waals surface area contributed by atoms with Crippen molar-refractivity contribution in [3.8, 4) is 5.75 Å². The van der Waals surface area contributed by atoms with Crippen LogP contribution in [0.25, 0.3) is 21.8 Å². The average Bonchev–Trinajstić information content (AvgIpc) is 1.50. The van der Waals surface area contributed by atoms with Crippen molar-refractivity contribution in [2.75, 3.05) is 95.8 Å². The van der Waals surface area contributed by atoms with Crippen molar-refractivity contribution in [3.63, 3.8) is 0 Å². The van der Waals surface area contributed by atoms with E-state index in [0.717, 1.165) is 46.2 Å². The number of H-pyrrole nitrogens is 2. The third-order valence-corrected chi connectivity index (χ3v) is 16.6. The van der Waals surface area contributed by atoms with Crippen molar-refractivity contribution in [1.82, 2.24) is 45.9 Å². The molecule has 27 heteroatoms. The highest BCUT2D eigenvalue weighted by Crippen LogP contribution is 2.48. The topological polar surface area (TPSA) is 329 Å². The summed E-state index contributed by atoms with van der Waals surface area (Å²) in [5.41, 5.74) is 5.65. The second-order valence-electron chi connectivity index (χ2n) is 23.5. The summed E-state index contributed by atoms with van der Waals surface area (Å²) in [6, 6.07) is 14.3. The molecule has 0 spiro atoms. The number of halogens is 1. The Labute approximate surface area is 569 Å². The van der Waals surface area contributed by atoms with Crippen LogP contribution < -0.4 is 36.2 Å². The van der Waals surface area contributed by atoms with Gasteiger partial charge in [0.15, 0.2) is 11.5 Å². The molecule has 9 amide bonds. The molecule has 0 fully saturated rings. The fourth-order valence-electron chi connectivity index (χ4n) is 10.3. The van der Waals surface area contributed by atoms with Crippen LogP contribution in [0.2, 0.25) is 0 Å². The lowest BCUT2D eigenvalue weighted by molar-refractivity contribution is -0.137. The maximum atomic E-state index is 14.0. The minimum atomic E-state index is -0.751. The van der Waals surface area contributed by atoms with Gasteiger partial charge in [0, 0.05) is 135 Å². The van der Waals surface area contributed by atoms with Gasteiger partial charge in [0.05, 0.1) is 43.1 Å². The van der Waals surface area contributed by atoms with Crippen LogP contribution in [-0.4, -0.2) is 188 Å². The van der Waals surface area contributed by atoms with Crippen LogP contribution in [0.4, 0.5) is 21.0 Å². The maximum Gasteiger partial charge on any atom is 0.415 e. The predicted molar refractivity (Wildman–Crippen MR) is 369 cm³/mol. The van der Waals surface area contributed by atoms with Gasteiger partial charge in [0.1, 0.15) is 18.3 Å². The van der Waals surface area contributed by atoms with E-state index < -0.39 is 42.1 Å². The summed E-state index contributed by atoms with van der Waals surface area (Å²) in [6.07, 6.45) is 5.80. The molecule has 0 saturated heterocycles. The molecule has 96 heavy (non-hydrogen) atoms. The Hall–Kier alpha value is -8.95. The first-order valence-electron chi connectivity index (χ1n) is 32.5. The van der Waals surface area contributed by atoms with E-state index in [2.05, 4.69) is 73.3 Å². The number of imide groups is 1. The summed E-state index contributed by atoms with van der Waals surface area (Å²) in [4.78, 5) is 149. The summed E-state index contributed by atoms with van der Waals surface area (Å²) in [6.45, 7) is 19.6. The van der Waals surface area contributed by atoms with Crippen molar-refractivity contribution >= 4 is 114 Å². The molecular formula is C69H94BrN11O15. The molecule has 3 aromatic carbocycles. The molecule has 0 saturated carbocycles. The molecule has 2 aliphatic heterocycles. The summed E-state index contributed by atoms with van der Waals surface area (Å²) < 4.78 is 21.6. The van der Waals surface area contributed by atoms with Crippen LogP contribution in [0.3, 0.4) is 0 Å². The highest BCUT2D eigenvalue weighted by Gasteiger charge is 2.39. The molecule has 7 rings (SSSR count). The molecule has 2 aromatic heterocycles. The fourth-order valence-corrected chi connectivity index (χ4v) is 10.8. The molecule has 5 aromatic rings. The molecule has 0 radical (unpaired) electrons. The molecule has 2 unspecified atom stereocenters.